The smallest absolute Gasteiger partial charge is 0.312 e. The van der Waals surface area contributed by atoms with Gasteiger partial charge in [0.1, 0.15) is 0 Å². The molecule has 1 saturated heterocycles. The summed E-state index contributed by atoms with van der Waals surface area (Å²) in [6, 6.07) is 1.56. The SMILES string of the molecule is CC(C)N1CCN(Cc2ccoc2C(=O)NN)C(=O)C1=O. The van der Waals surface area contributed by atoms with Crippen molar-refractivity contribution in [2.24, 2.45) is 5.84 Å². The molecule has 114 valence electrons. The molecule has 1 aromatic heterocycles. The molecule has 8 heteroatoms. The standard InChI is InChI=1S/C13H18N4O4/c1-8(2)17-5-4-16(12(19)13(17)20)7-9-3-6-21-10(9)11(18)15-14/h3,6,8H,4-5,7,14H2,1-2H3,(H,15,18). The lowest BCUT2D eigenvalue weighted by molar-refractivity contribution is -0.157. The van der Waals surface area contributed by atoms with Gasteiger partial charge in [-0.2, -0.15) is 0 Å². The van der Waals surface area contributed by atoms with Gasteiger partial charge in [-0.1, -0.05) is 0 Å². The monoisotopic (exact) mass is 294 g/mol. The van der Waals surface area contributed by atoms with Crippen LogP contribution in [-0.2, 0) is 16.1 Å². The van der Waals surface area contributed by atoms with Crippen LogP contribution in [0.15, 0.2) is 16.7 Å². The van der Waals surface area contributed by atoms with Gasteiger partial charge >= 0.3 is 17.7 Å². The van der Waals surface area contributed by atoms with Gasteiger partial charge in [-0.3, -0.25) is 19.8 Å². The number of carbonyl (C=O) groups excluding carboxylic acids is 3. The highest BCUT2D eigenvalue weighted by atomic mass is 16.3. The largest absolute Gasteiger partial charge is 0.459 e. The maximum absolute atomic E-state index is 12.1. The van der Waals surface area contributed by atoms with E-state index in [1.165, 1.54) is 16.1 Å². The lowest BCUT2D eigenvalue weighted by atomic mass is 10.2. The molecule has 1 aromatic rings. The fraction of sp³-hybridized carbons (Fsp3) is 0.462. The van der Waals surface area contributed by atoms with Crippen LogP contribution in [0.2, 0.25) is 0 Å². The molecule has 0 spiro atoms. The number of nitrogens with zero attached hydrogens (tertiary/aromatic N) is 2. The van der Waals surface area contributed by atoms with Crippen molar-refractivity contribution in [3.63, 3.8) is 0 Å². The number of hydrazine groups is 1. The van der Waals surface area contributed by atoms with Crippen molar-refractivity contribution in [3.05, 3.63) is 23.7 Å². The molecule has 0 aliphatic carbocycles. The molecule has 8 nitrogen and oxygen atoms in total. The van der Waals surface area contributed by atoms with Crippen LogP contribution in [0, 0.1) is 0 Å². The lowest BCUT2D eigenvalue weighted by Crippen LogP contribution is -2.55. The normalized spacial score (nSPS) is 15.8. The molecule has 2 rings (SSSR count). The zero-order valence-electron chi connectivity index (χ0n) is 12.0. The van der Waals surface area contributed by atoms with Crippen molar-refractivity contribution in [2.75, 3.05) is 13.1 Å². The van der Waals surface area contributed by atoms with Crippen molar-refractivity contribution in [3.8, 4) is 0 Å². The van der Waals surface area contributed by atoms with E-state index in [0.29, 0.717) is 18.7 Å². The van der Waals surface area contributed by atoms with E-state index in [-0.39, 0.29) is 18.3 Å². The van der Waals surface area contributed by atoms with Crippen molar-refractivity contribution < 1.29 is 18.8 Å². The number of nitrogen functional groups attached to an aromatic ring is 1. The molecule has 0 bridgehead atoms. The van der Waals surface area contributed by atoms with Gasteiger partial charge in [0.2, 0.25) is 0 Å². The first-order valence-electron chi connectivity index (χ1n) is 6.63. The Balaban J connectivity index is 2.12. The second-order valence-corrected chi connectivity index (χ2v) is 5.07. The third kappa shape index (κ3) is 2.89. The van der Waals surface area contributed by atoms with Gasteiger partial charge in [0, 0.05) is 24.7 Å². The van der Waals surface area contributed by atoms with E-state index in [0.717, 1.165) is 0 Å². The summed E-state index contributed by atoms with van der Waals surface area (Å²) in [6.07, 6.45) is 1.34. The average molecular weight is 294 g/mol. The second kappa shape index (κ2) is 5.96. The van der Waals surface area contributed by atoms with Crippen molar-refractivity contribution in [1.82, 2.24) is 15.2 Å². The van der Waals surface area contributed by atoms with Gasteiger partial charge in [0.15, 0.2) is 5.76 Å². The summed E-state index contributed by atoms with van der Waals surface area (Å²) in [4.78, 5) is 38.5. The topological polar surface area (TPSA) is 109 Å². The number of hydrogen-bond donors (Lipinski definition) is 2. The molecule has 0 unspecified atom stereocenters. The molecule has 0 saturated carbocycles. The quantitative estimate of drug-likeness (QED) is 0.335. The Kier molecular flexibility index (Phi) is 4.27. The first-order valence-corrected chi connectivity index (χ1v) is 6.63. The van der Waals surface area contributed by atoms with E-state index in [4.69, 9.17) is 10.3 Å². The predicted octanol–water partition coefficient (Wildman–Crippen LogP) is -0.538. The predicted molar refractivity (Wildman–Crippen MR) is 72.6 cm³/mol. The highest BCUT2D eigenvalue weighted by Crippen LogP contribution is 2.16. The number of rotatable bonds is 4. The molecule has 1 fully saturated rings. The Morgan fingerprint density at radius 3 is 2.71 bits per heavy atom. The van der Waals surface area contributed by atoms with Gasteiger partial charge in [-0.15, -0.1) is 0 Å². The minimum absolute atomic E-state index is 0.0175. The summed E-state index contributed by atoms with van der Waals surface area (Å²) in [7, 11) is 0. The number of piperazine rings is 1. The summed E-state index contributed by atoms with van der Waals surface area (Å²) in [5.74, 6) is 3.44. The van der Waals surface area contributed by atoms with Crippen LogP contribution in [0.1, 0.15) is 30.0 Å². The molecule has 21 heavy (non-hydrogen) atoms. The fourth-order valence-corrected chi connectivity index (χ4v) is 2.26. The minimum Gasteiger partial charge on any atom is -0.459 e. The number of hydrogen-bond acceptors (Lipinski definition) is 5. The van der Waals surface area contributed by atoms with Crippen LogP contribution in [0.5, 0.6) is 0 Å². The second-order valence-electron chi connectivity index (χ2n) is 5.07. The van der Waals surface area contributed by atoms with Gasteiger partial charge in [0.25, 0.3) is 0 Å². The van der Waals surface area contributed by atoms with Crippen LogP contribution in [0.25, 0.3) is 0 Å². The molecule has 0 radical (unpaired) electrons. The zero-order chi connectivity index (χ0) is 15.6. The Morgan fingerprint density at radius 1 is 1.38 bits per heavy atom. The number of carbonyl (C=O) groups is 3. The van der Waals surface area contributed by atoms with Gasteiger partial charge in [-0.25, -0.2) is 5.84 Å². The zero-order valence-corrected chi connectivity index (χ0v) is 12.0. The molecule has 2 heterocycles. The number of nitrogens with one attached hydrogen (secondary N) is 1. The molecular weight excluding hydrogens is 276 g/mol. The van der Waals surface area contributed by atoms with E-state index >= 15 is 0 Å². The fourth-order valence-electron chi connectivity index (χ4n) is 2.26. The molecule has 3 N–H and O–H groups in total. The maximum atomic E-state index is 12.1. The van der Waals surface area contributed by atoms with E-state index in [2.05, 4.69) is 0 Å². The summed E-state index contributed by atoms with van der Waals surface area (Å²) >= 11 is 0. The molecule has 0 aromatic carbocycles. The summed E-state index contributed by atoms with van der Waals surface area (Å²) in [5.41, 5.74) is 2.49. The van der Waals surface area contributed by atoms with Crippen LogP contribution >= 0.6 is 0 Å². The van der Waals surface area contributed by atoms with Crippen molar-refractivity contribution in [1.29, 1.82) is 0 Å². The van der Waals surface area contributed by atoms with Crippen LogP contribution in [-0.4, -0.2) is 46.7 Å². The molecule has 1 aliphatic rings. The number of nitrogens with two attached hydrogens (primary N) is 1. The minimum atomic E-state index is -0.574. The van der Waals surface area contributed by atoms with Crippen LogP contribution in [0.3, 0.4) is 0 Å². The van der Waals surface area contributed by atoms with E-state index < -0.39 is 17.7 Å². The Morgan fingerprint density at radius 2 is 2.10 bits per heavy atom. The Labute approximate surface area is 121 Å². The van der Waals surface area contributed by atoms with Crippen LogP contribution in [0.4, 0.5) is 0 Å². The first kappa shape index (κ1) is 15.0. The van der Waals surface area contributed by atoms with E-state index in [1.54, 1.807) is 6.07 Å². The highest BCUT2D eigenvalue weighted by molar-refractivity contribution is 6.35. The molecule has 3 amide bonds. The van der Waals surface area contributed by atoms with Gasteiger partial charge < -0.3 is 14.2 Å². The summed E-state index contributed by atoms with van der Waals surface area (Å²) in [5, 5.41) is 0. The maximum Gasteiger partial charge on any atom is 0.312 e. The van der Waals surface area contributed by atoms with E-state index in [1.807, 2.05) is 19.3 Å². The summed E-state index contributed by atoms with van der Waals surface area (Å²) in [6.45, 7) is 4.74. The lowest BCUT2D eigenvalue weighted by Gasteiger charge is -2.35. The van der Waals surface area contributed by atoms with Gasteiger partial charge in [-0.05, 0) is 19.9 Å². The van der Waals surface area contributed by atoms with Gasteiger partial charge in [0.05, 0.1) is 12.8 Å². The van der Waals surface area contributed by atoms with Crippen molar-refractivity contribution in [2.45, 2.75) is 26.4 Å². The molecular formula is C13H18N4O4. The van der Waals surface area contributed by atoms with Crippen molar-refractivity contribution >= 4 is 17.7 Å². The summed E-state index contributed by atoms with van der Waals surface area (Å²) < 4.78 is 5.05. The third-order valence-corrected chi connectivity index (χ3v) is 3.41. The molecule has 1 aliphatic heterocycles. The number of amides is 3. The van der Waals surface area contributed by atoms with E-state index in [9.17, 15) is 14.4 Å². The Bertz CT molecular complexity index is 566. The molecule has 0 atom stereocenters. The number of furan rings is 1. The highest BCUT2D eigenvalue weighted by Gasteiger charge is 2.34. The average Bonchev–Trinajstić information content (AvgIpc) is 2.91. The van der Waals surface area contributed by atoms with Crippen LogP contribution < -0.4 is 11.3 Å². The first-order chi connectivity index (χ1) is 9.95. The third-order valence-electron chi connectivity index (χ3n) is 3.41. The Hall–Kier alpha value is -2.35.